The van der Waals surface area contributed by atoms with Gasteiger partial charge in [0.1, 0.15) is 29.2 Å². The number of imidazole rings is 1. The van der Waals surface area contributed by atoms with Crippen LogP contribution in [-0.4, -0.2) is 47.2 Å². The van der Waals surface area contributed by atoms with Gasteiger partial charge in [-0.3, -0.25) is 9.79 Å². The van der Waals surface area contributed by atoms with E-state index < -0.39 is 23.4 Å². The first-order valence-corrected chi connectivity index (χ1v) is 10.2. The Labute approximate surface area is 187 Å². The minimum Gasteiger partial charge on any atom is -0.448 e. The van der Waals surface area contributed by atoms with Crippen LogP contribution in [0.3, 0.4) is 0 Å². The highest BCUT2D eigenvalue weighted by Gasteiger charge is 2.13. The molecule has 1 amide bonds. The van der Waals surface area contributed by atoms with Crippen LogP contribution in [0.15, 0.2) is 51.5 Å². The fourth-order valence-corrected chi connectivity index (χ4v) is 2.98. The van der Waals surface area contributed by atoms with Crippen molar-refractivity contribution in [2.24, 2.45) is 4.99 Å². The van der Waals surface area contributed by atoms with Crippen LogP contribution in [0.5, 0.6) is 0 Å². The van der Waals surface area contributed by atoms with Crippen molar-refractivity contribution in [3.8, 4) is 0 Å². The van der Waals surface area contributed by atoms with Gasteiger partial charge in [0.05, 0.1) is 17.8 Å². The van der Waals surface area contributed by atoms with Crippen LogP contribution in [0.1, 0.15) is 29.1 Å². The van der Waals surface area contributed by atoms with E-state index in [9.17, 15) is 18.0 Å². The number of amides is 1. The van der Waals surface area contributed by atoms with Crippen molar-refractivity contribution < 1.29 is 22.4 Å². The highest BCUT2D eigenvalue weighted by Crippen LogP contribution is 2.17. The Kier molecular flexibility index (Phi) is 8.14. The van der Waals surface area contributed by atoms with E-state index in [1.54, 1.807) is 6.92 Å². The number of aliphatic imine (C=N–C) groups is 1. The largest absolute Gasteiger partial charge is 0.448 e. The Bertz CT molecular complexity index is 1200. The van der Waals surface area contributed by atoms with E-state index in [0.717, 1.165) is 6.07 Å². The molecule has 2 heterocycles. The summed E-state index contributed by atoms with van der Waals surface area (Å²) < 4.78 is 46.0. The number of H-pyrrole nitrogens is 1. The topological polar surface area (TPSA) is 108 Å². The van der Waals surface area contributed by atoms with Crippen LogP contribution >= 0.6 is 0 Å². The molecule has 33 heavy (non-hydrogen) atoms. The molecule has 0 saturated heterocycles. The zero-order valence-corrected chi connectivity index (χ0v) is 17.9. The number of halogens is 3. The minimum absolute atomic E-state index is 0.00620. The molecule has 0 atom stereocenters. The van der Waals surface area contributed by atoms with Crippen molar-refractivity contribution in [2.45, 2.75) is 19.8 Å². The monoisotopic (exact) mass is 460 g/mol. The summed E-state index contributed by atoms with van der Waals surface area (Å²) in [5, 5.41) is 5.67. The summed E-state index contributed by atoms with van der Waals surface area (Å²) >= 11 is 0. The summed E-state index contributed by atoms with van der Waals surface area (Å²) in [6.45, 7) is 5.85. The van der Waals surface area contributed by atoms with Gasteiger partial charge in [0, 0.05) is 32.0 Å². The molecule has 0 bridgehead atoms. The number of oxazole rings is 1. The number of hydrogen-bond donors (Lipinski definition) is 3. The molecule has 0 unspecified atom stereocenters. The predicted molar refractivity (Wildman–Crippen MR) is 118 cm³/mol. The van der Waals surface area contributed by atoms with Gasteiger partial charge in [-0.05, 0) is 25.8 Å². The van der Waals surface area contributed by atoms with Crippen molar-refractivity contribution >= 4 is 23.7 Å². The number of benzene rings is 1. The lowest BCUT2D eigenvalue weighted by molar-refractivity contribution is 0.0951. The molecule has 1 aromatic carbocycles. The number of fused-ring (bicyclic) bond motifs is 1. The Morgan fingerprint density at radius 2 is 2.06 bits per heavy atom. The molecule has 0 aliphatic heterocycles. The molecule has 0 fully saturated rings. The van der Waals surface area contributed by atoms with Gasteiger partial charge in [0.15, 0.2) is 17.4 Å². The summed E-state index contributed by atoms with van der Waals surface area (Å²) in [6, 6.07) is 1.99. The standard InChI is InChI=1S/C22H23F3N6O2/c1-3-4-14(24)17(26-2)11-28-22(32)18-12-33-20(30-18)6-8-27-7-5-19-29-16-10-13(23)9-15(25)21(16)31-19/h3-4,9-10,12,27H,2,5-8,11H2,1H3,(H,28,32)(H,29,31)/b4-3-,17-14+. The number of aromatic amines is 1. The zero-order chi connectivity index (χ0) is 23.8. The Balaban J connectivity index is 1.43. The fourth-order valence-electron chi connectivity index (χ4n) is 2.98. The average molecular weight is 460 g/mol. The SMILES string of the molecule is C=N/C(CNC(=O)c1coc(CCNCCc2nc3c(F)cc(F)cc3[nH]2)n1)=C(F)\C=C/C. The van der Waals surface area contributed by atoms with Crippen LogP contribution in [0.25, 0.3) is 11.0 Å². The number of nitrogens with one attached hydrogen (secondary N) is 3. The van der Waals surface area contributed by atoms with E-state index in [1.807, 2.05) is 0 Å². The van der Waals surface area contributed by atoms with Gasteiger partial charge in [-0.1, -0.05) is 6.08 Å². The van der Waals surface area contributed by atoms with Gasteiger partial charge in [-0.25, -0.2) is 23.1 Å². The molecule has 0 radical (unpaired) electrons. The second kappa shape index (κ2) is 11.2. The molecule has 3 rings (SSSR count). The van der Waals surface area contributed by atoms with Gasteiger partial charge in [-0.2, -0.15) is 0 Å². The summed E-state index contributed by atoms with van der Waals surface area (Å²) in [4.78, 5) is 26.9. The number of allylic oxidation sites excluding steroid dienone is 3. The maximum absolute atomic E-state index is 13.8. The van der Waals surface area contributed by atoms with E-state index in [1.165, 1.54) is 24.5 Å². The van der Waals surface area contributed by atoms with Crippen LogP contribution in [0, 0.1) is 11.6 Å². The first-order valence-electron chi connectivity index (χ1n) is 10.2. The molecule has 8 nitrogen and oxygen atoms in total. The van der Waals surface area contributed by atoms with Gasteiger partial charge in [0.2, 0.25) is 0 Å². The third-order valence-electron chi connectivity index (χ3n) is 4.59. The molecule has 0 spiro atoms. The van der Waals surface area contributed by atoms with Crippen LogP contribution in [-0.2, 0) is 12.8 Å². The summed E-state index contributed by atoms with van der Waals surface area (Å²) in [7, 11) is 0. The first kappa shape index (κ1) is 23.9. The minimum atomic E-state index is -0.708. The third kappa shape index (κ3) is 6.39. The maximum atomic E-state index is 13.8. The van der Waals surface area contributed by atoms with Crippen molar-refractivity contribution in [2.75, 3.05) is 19.6 Å². The fraction of sp³-hybridized carbons (Fsp3) is 0.273. The highest BCUT2D eigenvalue weighted by molar-refractivity contribution is 5.92. The van der Waals surface area contributed by atoms with E-state index in [2.05, 4.69) is 37.3 Å². The highest BCUT2D eigenvalue weighted by atomic mass is 19.1. The molecule has 0 aliphatic carbocycles. The van der Waals surface area contributed by atoms with Gasteiger partial charge < -0.3 is 20.0 Å². The van der Waals surface area contributed by atoms with Crippen LogP contribution in [0.4, 0.5) is 13.2 Å². The number of rotatable bonds is 11. The van der Waals surface area contributed by atoms with Crippen LogP contribution < -0.4 is 10.6 Å². The van der Waals surface area contributed by atoms with E-state index in [-0.39, 0.29) is 23.5 Å². The van der Waals surface area contributed by atoms with Crippen molar-refractivity contribution in [3.05, 3.63) is 71.1 Å². The Hall–Kier alpha value is -3.73. The lowest BCUT2D eigenvalue weighted by Crippen LogP contribution is -2.26. The van der Waals surface area contributed by atoms with Crippen LogP contribution in [0.2, 0.25) is 0 Å². The van der Waals surface area contributed by atoms with Crippen molar-refractivity contribution in [1.29, 1.82) is 0 Å². The van der Waals surface area contributed by atoms with Gasteiger partial charge in [-0.15, -0.1) is 0 Å². The predicted octanol–water partition coefficient (Wildman–Crippen LogP) is 3.39. The molecule has 3 N–H and O–H groups in total. The van der Waals surface area contributed by atoms with E-state index >= 15 is 0 Å². The quantitative estimate of drug-likeness (QED) is 0.231. The maximum Gasteiger partial charge on any atom is 0.273 e. The lowest BCUT2D eigenvalue weighted by Gasteiger charge is -2.03. The Morgan fingerprint density at radius 1 is 1.27 bits per heavy atom. The normalized spacial score (nSPS) is 12.4. The molecule has 174 valence electrons. The average Bonchev–Trinajstić information content (AvgIpc) is 3.41. The number of aromatic nitrogens is 3. The molecule has 0 aliphatic rings. The summed E-state index contributed by atoms with van der Waals surface area (Å²) in [5.74, 6) is -1.60. The smallest absolute Gasteiger partial charge is 0.273 e. The molecule has 3 aromatic rings. The van der Waals surface area contributed by atoms with E-state index in [0.29, 0.717) is 43.2 Å². The zero-order valence-electron chi connectivity index (χ0n) is 17.9. The number of hydrogen-bond acceptors (Lipinski definition) is 6. The number of carbonyl (C=O) groups is 1. The second-order valence-electron chi connectivity index (χ2n) is 6.98. The molecular formula is C22H23F3N6O2. The number of nitrogens with zero attached hydrogens (tertiary/aromatic N) is 3. The lowest BCUT2D eigenvalue weighted by atomic mass is 10.3. The van der Waals surface area contributed by atoms with Gasteiger partial charge >= 0.3 is 0 Å². The van der Waals surface area contributed by atoms with E-state index in [4.69, 9.17) is 4.42 Å². The third-order valence-corrected chi connectivity index (χ3v) is 4.59. The Morgan fingerprint density at radius 3 is 2.82 bits per heavy atom. The summed E-state index contributed by atoms with van der Waals surface area (Å²) in [5.41, 5.74) is 0.486. The van der Waals surface area contributed by atoms with Crippen molar-refractivity contribution in [1.82, 2.24) is 25.6 Å². The molecule has 11 heteroatoms. The van der Waals surface area contributed by atoms with Crippen molar-refractivity contribution in [3.63, 3.8) is 0 Å². The molecular weight excluding hydrogens is 437 g/mol. The second-order valence-corrected chi connectivity index (χ2v) is 6.98. The summed E-state index contributed by atoms with van der Waals surface area (Å²) in [6.07, 6.45) is 4.86. The van der Waals surface area contributed by atoms with Gasteiger partial charge in [0.25, 0.3) is 5.91 Å². The number of carbonyl (C=O) groups excluding carboxylic acids is 1. The molecule has 0 saturated carbocycles. The molecule has 2 aromatic heterocycles. The first-order chi connectivity index (χ1) is 15.9.